The van der Waals surface area contributed by atoms with Gasteiger partial charge < -0.3 is 0 Å². The number of carbonyl (C=O) groups excluding carboxylic acids is 1. The minimum absolute atomic E-state index is 0.0444. The van der Waals surface area contributed by atoms with E-state index >= 15 is 0 Å². The highest BCUT2D eigenvalue weighted by molar-refractivity contribution is 9.10. The van der Waals surface area contributed by atoms with Gasteiger partial charge in [0.15, 0.2) is 0 Å². The van der Waals surface area contributed by atoms with E-state index in [4.69, 9.17) is 0 Å². The molecule has 1 aliphatic heterocycles. The number of hydrogen-bond acceptors (Lipinski definition) is 6. The normalized spacial score (nSPS) is 17.2. The molecule has 1 unspecified atom stereocenters. The Morgan fingerprint density at radius 1 is 1.13 bits per heavy atom. The van der Waals surface area contributed by atoms with Crippen molar-refractivity contribution in [2.24, 2.45) is 0 Å². The van der Waals surface area contributed by atoms with E-state index < -0.39 is 27.8 Å². The lowest BCUT2D eigenvalue weighted by molar-refractivity contribution is -0.119. The number of nitrogens with zero attached hydrogens (tertiary/aromatic N) is 3. The molecule has 1 saturated heterocycles. The monoisotopic (exact) mass is 510 g/mol. The molecule has 2 aromatic carbocycles. The molecule has 0 saturated carbocycles. The molecule has 1 N–H and O–H groups in total. The molecule has 4 rings (SSSR count). The first-order valence-corrected chi connectivity index (χ1v) is 12.1. The van der Waals surface area contributed by atoms with Crippen LogP contribution in [0.2, 0.25) is 0 Å². The largest absolute Gasteiger partial charge is 0.299 e. The summed E-state index contributed by atoms with van der Waals surface area (Å²) in [6.07, 6.45) is 0.948. The molecule has 1 aromatic heterocycles. The number of halogens is 2. The summed E-state index contributed by atoms with van der Waals surface area (Å²) in [4.78, 5) is 12.8. The van der Waals surface area contributed by atoms with Crippen LogP contribution in [0.5, 0.6) is 0 Å². The maximum Gasteiger partial charge on any atom is 0.244 e. The molecule has 0 spiro atoms. The third-order valence-electron chi connectivity index (χ3n) is 4.67. The zero-order valence-corrected chi connectivity index (χ0v) is 18.7. The summed E-state index contributed by atoms with van der Waals surface area (Å²) in [6, 6.07) is 11.2. The van der Waals surface area contributed by atoms with Gasteiger partial charge in [0.05, 0.1) is 4.90 Å². The third kappa shape index (κ3) is 4.29. The van der Waals surface area contributed by atoms with Crippen molar-refractivity contribution >= 4 is 48.3 Å². The third-order valence-corrected chi connectivity index (χ3v) is 8.01. The van der Waals surface area contributed by atoms with Gasteiger partial charge in [-0.1, -0.05) is 39.4 Å². The fourth-order valence-electron chi connectivity index (χ4n) is 3.20. The highest BCUT2D eigenvalue weighted by Gasteiger charge is 2.39. The molecule has 7 nitrogen and oxygen atoms in total. The number of aromatic nitrogens is 2. The molecule has 1 aliphatic rings. The molecule has 1 atom stereocenters. The van der Waals surface area contributed by atoms with E-state index in [1.165, 1.54) is 23.5 Å². The summed E-state index contributed by atoms with van der Waals surface area (Å²) in [5.41, 5.74) is 0.859. The highest BCUT2D eigenvalue weighted by atomic mass is 79.9. The van der Waals surface area contributed by atoms with Crippen molar-refractivity contribution < 1.29 is 17.6 Å². The molecule has 0 radical (unpaired) electrons. The summed E-state index contributed by atoms with van der Waals surface area (Å²) in [6.45, 7) is 0.220. The second-order valence-corrected chi connectivity index (χ2v) is 10.4. The van der Waals surface area contributed by atoms with Crippen molar-refractivity contribution in [1.82, 2.24) is 14.5 Å². The highest BCUT2D eigenvalue weighted by Crippen LogP contribution is 2.30. The minimum Gasteiger partial charge on any atom is -0.299 e. The molecule has 156 valence electrons. The molecule has 1 amide bonds. The molecule has 30 heavy (non-hydrogen) atoms. The lowest BCUT2D eigenvalue weighted by Gasteiger charge is -2.22. The number of nitrogens with one attached hydrogen (secondary N) is 1. The van der Waals surface area contributed by atoms with Crippen molar-refractivity contribution in [3.8, 4) is 10.6 Å². The molecule has 2 heterocycles. The van der Waals surface area contributed by atoms with E-state index in [0.29, 0.717) is 23.0 Å². The van der Waals surface area contributed by atoms with E-state index in [1.54, 1.807) is 0 Å². The van der Waals surface area contributed by atoms with E-state index in [1.807, 2.05) is 24.3 Å². The van der Waals surface area contributed by atoms with Gasteiger partial charge in [0, 0.05) is 16.6 Å². The number of rotatable bonds is 5. The predicted molar refractivity (Wildman–Crippen MR) is 115 cm³/mol. The number of benzene rings is 2. The van der Waals surface area contributed by atoms with Crippen LogP contribution >= 0.6 is 27.3 Å². The SMILES string of the molecule is O=C(Nc1nnc(-c2ccc(Br)cc2)s1)C1CCCN1S(=O)(=O)c1ccc(F)cc1. The van der Waals surface area contributed by atoms with Crippen LogP contribution in [0.3, 0.4) is 0 Å². The first-order chi connectivity index (χ1) is 14.3. The summed E-state index contributed by atoms with van der Waals surface area (Å²) >= 11 is 4.58. The molecule has 0 aliphatic carbocycles. The molecule has 3 aromatic rings. The maximum absolute atomic E-state index is 13.2. The average Bonchev–Trinajstić information content (AvgIpc) is 3.39. The van der Waals surface area contributed by atoms with Crippen LogP contribution in [-0.4, -0.2) is 41.4 Å². The topological polar surface area (TPSA) is 92.3 Å². The molecule has 11 heteroatoms. The van der Waals surface area contributed by atoms with Gasteiger partial charge in [0.1, 0.15) is 16.9 Å². The van der Waals surface area contributed by atoms with Crippen molar-refractivity contribution in [1.29, 1.82) is 0 Å². The van der Waals surface area contributed by atoms with Gasteiger partial charge in [-0.3, -0.25) is 10.1 Å². The van der Waals surface area contributed by atoms with E-state index in [0.717, 1.165) is 26.5 Å². The number of anilines is 1. The Morgan fingerprint density at radius 2 is 1.83 bits per heavy atom. The predicted octanol–water partition coefficient (Wildman–Crippen LogP) is 3.90. The van der Waals surface area contributed by atoms with Gasteiger partial charge in [-0.15, -0.1) is 10.2 Å². The van der Waals surface area contributed by atoms with Crippen molar-refractivity contribution in [3.05, 3.63) is 58.8 Å². The number of carbonyl (C=O) groups is 1. The fourth-order valence-corrected chi connectivity index (χ4v) is 5.88. The molecular weight excluding hydrogens is 495 g/mol. The Balaban J connectivity index is 1.50. The Kier molecular flexibility index (Phi) is 5.96. The maximum atomic E-state index is 13.2. The summed E-state index contributed by atoms with van der Waals surface area (Å²) in [5.74, 6) is -0.987. The van der Waals surface area contributed by atoms with E-state index in [9.17, 15) is 17.6 Å². The second kappa shape index (κ2) is 8.50. The minimum atomic E-state index is -3.92. The Bertz CT molecular complexity index is 1170. The Labute approximate surface area is 185 Å². The van der Waals surface area contributed by atoms with Crippen LogP contribution in [0.4, 0.5) is 9.52 Å². The van der Waals surface area contributed by atoms with Crippen molar-refractivity contribution in [3.63, 3.8) is 0 Å². The van der Waals surface area contributed by atoms with Crippen LogP contribution < -0.4 is 5.32 Å². The summed E-state index contributed by atoms with van der Waals surface area (Å²) in [5, 5.41) is 11.7. The standard InChI is InChI=1S/C19H16BrFN4O3S2/c20-13-5-3-12(4-6-13)18-23-24-19(29-18)22-17(26)16-2-1-11-25(16)30(27,28)15-9-7-14(21)8-10-15/h3-10,16H,1-2,11H2,(H,22,24,26). The smallest absolute Gasteiger partial charge is 0.244 e. The molecular formula is C19H16BrFN4O3S2. The van der Waals surface area contributed by atoms with Crippen LogP contribution in [0.15, 0.2) is 57.9 Å². The van der Waals surface area contributed by atoms with Gasteiger partial charge in [0.2, 0.25) is 21.1 Å². The lowest BCUT2D eigenvalue weighted by atomic mass is 10.2. The number of hydrogen-bond donors (Lipinski definition) is 1. The first kappa shape index (κ1) is 21.0. The first-order valence-electron chi connectivity index (χ1n) is 9.02. The number of amides is 1. The zero-order valence-electron chi connectivity index (χ0n) is 15.5. The van der Waals surface area contributed by atoms with Crippen LogP contribution in [0.25, 0.3) is 10.6 Å². The van der Waals surface area contributed by atoms with Crippen molar-refractivity contribution in [2.45, 2.75) is 23.8 Å². The van der Waals surface area contributed by atoms with Gasteiger partial charge in [-0.25, -0.2) is 12.8 Å². The van der Waals surface area contributed by atoms with Crippen LogP contribution in [-0.2, 0) is 14.8 Å². The number of sulfonamides is 1. The van der Waals surface area contributed by atoms with Crippen molar-refractivity contribution in [2.75, 3.05) is 11.9 Å². The Hall–Kier alpha value is -2.21. The Morgan fingerprint density at radius 3 is 2.53 bits per heavy atom. The lowest BCUT2D eigenvalue weighted by Crippen LogP contribution is -2.43. The van der Waals surface area contributed by atoms with E-state index in [2.05, 4.69) is 31.4 Å². The second-order valence-electron chi connectivity index (χ2n) is 6.64. The van der Waals surface area contributed by atoms with Gasteiger partial charge in [-0.2, -0.15) is 4.31 Å². The molecule has 1 fully saturated rings. The summed E-state index contributed by atoms with van der Waals surface area (Å²) < 4.78 is 41.1. The van der Waals surface area contributed by atoms with Crippen LogP contribution in [0.1, 0.15) is 12.8 Å². The van der Waals surface area contributed by atoms with E-state index in [-0.39, 0.29) is 11.4 Å². The quantitative estimate of drug-likeness (QED) is 0.561. The summed E-state index contributed by atoms with van der Waals surface area (Å²) in [7, 11) is -3.92. The molecule has 0 bridgehead atoms. The average molecular weight is 511 g/mol. The van der Waals surface area contributed by atoms with Crippen LogP contribution in [0, 0.1) is 5.82 Å². The zero-order chi connectivity index (χ0) is 21.3. The fraction of sp³-hybridized carbons (Fsp3) is 0.211. The van der Waals surface area contributed by atoms with Gasteiger partial charge in [-0.05, 0) is 49.2 Å². The van der Waals surface area contributed by atoms with Gasteiger partial charge in [0.25, 0.3) is 0 Å². The van der Waals surface area contributed by atoms with Gasteiger partial charge >= 0.3 is 0 Å².